The van der Waals surface area contributed by atoms with Crippen LogP contribution in [0.2, 0.25) is 0 Å². The summed E-state index contributed by atoms with van der Waals surface area (Å²) in [7, 11) is 0. The summed E-state index contributed by atoms with van der Waals surface area (Å²) in [5.41, 5.74) is 0.859. The van der Waals surface area contributed by atoms with E-state index in [1.165, 1.54) is 24.3 Å². The fourth-order valence-electron chi connectivity index (χ4n) is 4.25. The van der Waals surface area contributed by atoms with Crippen LogP contribution in [0.1, 0.15) is 51.4 Å². The van der Waals surface area contributed by atoms with Gasteiger partial charge in [-0.2, -0.15) is 0 Å². The number of aromatic nitrogens is 1. The van der Waals surface area contributed by atoms with Gasteiger partial charge in [0, 0.05) is 11.1 Å². The molecule has 0 aliphatic carbocycles. The number of halogens is 1. The highest BCUT2D eigenvalue weighted by atomic mass is 32.1. The van der Waals surface area contributed by atoms with Crippen molar-refractivity contribution in [2.45, 2.75) is 33.2 Å². The summed E-state index contributed by atoms with van der Waals surface area (Å²) in [5.74, 6) is -3.23. The first-order chi connectivity index (χ1) is 18.7. The van der Waals surface area contributed by atoms with E-state index in [2.05, 4.69) is 11.6 Å². The molecule has 1 N–H and O–H groups in total. The van der Waals surface area contributed by atoms with E-state index in [0.29, 0.717) is 23.5 Å². The van der Waals surface area contributed by atoms with Crippen molar-refractivity contribution < 1.29 is 33.4 Å². The zero-order valence-electron chi connectivity index (χ0n) is 21.7. The van der Waals surface area contributed by atoms with Crippen LogP contribution >= 0.6 is 11.3 Å². The Kier molecular flexibility index (Phi) is 8.25. The van der Waals surface area contributed by atoms with Gasteiger partial charge in [0.2, 0.25) is 0 Å². The highest BCUT2D eigenvalue weighted by molar-refractivity contribution is 7.17. The number of ether oxygens (including phenoxy) is 2. The van der Waals surface area contributed by atoms with E-state index in [-0.39, 0.29) is 33.4 Å². The molecule has 1 atom stereocenters. The molecule has 1 fully saturated rings. The third kappa shape index (κ3) is 5.33. The van der Waals surface area contributed by atoms with Crippen LogP contribution in [0.5, 0.6) is 5.75 Å². The summed E-state index contributed by atoms with van der Waals surface area (Å²) < 4.78 is 25.9. The molecule has 1 unspecified atom stereocenters. The maximum atomic E-state index is 15.2. The van der Waals surface area contributed by atoms with Crippen molar-refractivity contribution in [3.05, 3.63) is 93.8 Å². The molecule has 2 aromatic carbocycles. The van der Waals surface area contributed by atoms with E-state index in [4.69, 9.17) is 9.47 Å². The fraction of sp³-hybridized carbons (Fsp3) is 0.241. The zero-order valence-corrected chi connectivity index (χ0v) is 22.5. The molecule has 0 spiro atoms. The van der Waals surface area contributed by atoms with E-state index in [1.807, 2.05) is 6.92 Å². The number of carbonyl (C=O) groups excluding carboxylic acids is 3. The minimum absolute atomic E-state index is 0.00695. The van der Waals surface area contributed by atoms with Gasteiger partial charge >= 0.3 is 11.9 Å². The molecule has 1 aromatic heterocycles. The van der Waals surface area contributed by atoms with Gasteiger partial charge in [0.1, 0.15) is 34.9 Å². The first-order valence-electron chi connectivity index (χ1n) is 12.2. The summed E-state index contributed by atoms with van der Waals surface area (Å²) >= 11 is 0.837. The Morgan fingerprint density at radius 1 is 1.23 bits per heavy atom. The number of thiazole rings is 1. The number of nitrogens with zero attached hydrogens (tertiary/aromatic N) is 2. The Morgan fingerprint density at radius 3 is 2.64 bits per heavy atom. The topological polar surface area (TPSA) is 106 Å². The van der Waals surface area contributed by atoms with Gasteiger partial charge in [0.05, 0.1) is 17.9 Å². The lowest BCUT2D eigenvalue weighted by Gasteiger charge is -2.23. The molecule has 202 valence electrons. The maximum Gasteiger partial charge on any atom is 0.350 e. The number of aliphatic hydroxyl groups excluding tert-OH is 1. The second kappa shape index (κ2) is 11.6. The first-order valence-corrected chi connectivity index (χ1v) is 13.1. The van der Waals surface area contributed by atoms with Crippen LogP contribution in [0.4, 0.5) is 9.52 Å². The number of amides is 1. The molecule has 39 heavy (non-hydrogen) atoms. The molecule has 10 heteroatoms. The lowest BCUT2D eigenvalue weighted by Crippen LogP contribution is -2.29. The monoisotopic (exact) mass is 550 g/mol. The Labute approximate surface area is 229 Å². The number of aryl methyl sites for hydroxylation is 2. The number of aliphatic hydroxyl groups is 1. The van der Waals surface area contributed by atoms with Crippen LogP contribution in [-0.4, -0.2) is 41.0 Å². The van der Waals surface area contributed by atoms with Crippen LogP contribution in [0.15, 0.2) is 60.7 Å². The van der Waals surface area contributed by atoms with Gasteiger partial charge in [-0.05, 0) is 50.1 Å². The van der Waals surface area contributed by atoms with E-state index in [0.717, 1.165) is 22.7 Å². The van der Waals surface area contributed by atoms with E-state index < -0.39 is 35.3 Å². The molecular weight excluding hydrogens is 523 g/mol. The highest BCUT2D eigenvalue weighted by Gasteiger charge is 2.49. The van der Waals surface area contributed by atoms with Gasteiger partial charge in [0.25, 0.3) is 5.78 Å². The molecule has 2 heterocycles. The second-order valence-corrected chi connectivity index (χ2v) is 9.79. The summed E-state index contributed by atoms with van der Waals surface area (Å²) in [5, 5.41) is 11.4. The van der Waals surface area contributed by atoms with E-state index in [9.17, 15) is 19.5 Å². The van der Waals surface area contributed by atoms with Gasteiger partial charge in [-0.1, -0.05) is 49.1 Å². The Morgan fingerprint density at radius 2 is 1.97 bits per heavy atom. The molecule has 1 aliphatic rings. The van der Waals surface area contributed by atoms with Crippen LogP contribution in [0.25, 0.3) is 5.76 Å². The highest BCUT2D eigenvalue weighted by Crippen LogP contribution is 2.45. The second-order valence-electron chi connectivity index (χ2n) is 8.81. The number of ketones is 1. The van der Waals surface area contributed by atoms with Crippen molar-refractivity contribution in [2.24, 2.45) is 0 Å². The Hall–Kier alpha value is -4.31. The number of hydrogen-bond donors (Lipinski definition) is 1. The normalized spacial score (nSPS) is 16.4. The van der Waals surface area contributed by atoms with Crippen molar-refractivity contribution >= 4 is 39.9 Å². The molecule has 4 rings (SSSR count). The van der Waals surface area contributed by atoms with E-state index >= 15 is 4.39 Å². The molecule has 1 amide bonds. The number of anilines is 1. The Bertz CT molecular complexity index is 1490. The first kappa shape index (κ1) is 27.7. The number of hydrogen-bond acceptors (Lipinski definition) is 8. The average molecular weight is 551 g/mol. The number of benzene rings is 2. The largest absolute Gasteiger partial charge is 0.507 e. The van der Waals surface area contributed by atoms with Gasteiger partial charge < -0.3 is 14.6 Å². The van der Waals surface area contributed by atoms with Crippen molar-refractivity contribution in [1.29, 1.82) is 0 Å². The van der Waals surface area contributed by atoms with Crippen LogP contribution in [0, 0.1) is 19.7 Å². The third-order valence-electron chi connectivity index (χ3n) is 6.08. The van der Waals surface area contributed by atoms with Crippen molar-refractivity contribution in [1.82, 2.24) is 4.98 Å². The van der Waals surface area contributed by atoms with Gasteiger partial charge in [-0.25, -0.2) is 14.2 Å². The van der Waals surface area contributed by atoms with Crippen LogP contribution < -0.4 is 9.64 Å². The van der Waals surface area contributed by atoms with Crippen molar-refractivity contribution in [3.8, 4) is 5.75 Å². The predicted octanol–water partition coefficient (Wildman–Crippen LogP) is 5.66. The molecule has 1 saturated heterocycles. The minimum Gasteiger partial charge on any atom is -0.507 e. The van der Waals surface area contributed by atoms with Gasteiger partial charge in [0.15, 0.2) is 5.13 Å². The number of Topliss-reactive ketones (excluding diaryl/α,β-unsaturated/α-hetero) is 1. The number of esters is 1. The molecule has 0 radical (unpaired) electrons. The molecule has 3 aromatic rings. The minimum atomic E-state index is -1.33. The molecule has 0 bridgehead atoms. The third-order valence-corrected chi connectivity index (χ3v) is 7.22. The quantitative estimate of drug-likeness (QED) is 0.121. The number of carbonyl (C=O) groups is 3. The number of rotatable bonds is 9. The van der Waals surface area contributed by atoms with Gasteiger partial charge in [-0.15, -0.1) is 0 Å². The maximum absolute atomic E-state index is 15.2. The molecular formula is C29H27FN2O6S. The summed E-state index contributed by atoms with van der Waals surface area (Å²) in [6.45, 7) is 9.27. The Balaban J connectivity index is 1.87. The SMILES string of the molecule is C=CCOC(=O)c1sc(N2C(=O)C(=O)/C(=C(/O)c3ccc(OCCC)cc3C)C2c2ccccc2F)nc1C. The van der Waals surface area contributed by atoms with Crippen molar-refractivity contribution in [3.63, 3.8) is 0 Å². The average Bonchev–Trinajstić information content (AvgIpc) is 3.42. The standard InChI is InChI=1S/C29H27FN2O6S/c1-5-13-37-18-11-12-19(16(3)15-18)24(33)22-23(20-9-7-8-10-21(20)30)32(27(35)25(22)34)29-31-17(4)26(39-29)28(36)38-14-6-2/h6-12,15,23,33H,2,5,13-14H2,1,3-4H3/b24-22+. The summed E-state index contributed by atoms with van der Waals surface area (Å²) in [6.07, 6.45) is 2.23. The van der Waals surface area contributed by atoms with Gasteiger partial charge in [-0.3, -0.25) is 14.5 Å². The summed E-state index contributed by atoms with van der Waals surface area (Å²) in [4.78, 5) is 44.8. The predicted molar refractivity (Wildman–Crippen MR) is 145 cm³/mol. The van der Waals surface area contributed by atoms with Crippen LogP contribution in [0.3, 0.4) is 0 Å². The fourth-order valence-corrected chi connectivity index (χ4v) is 5.24. The molecule has 0 saturated carbocycles. The van der Waals surface area contributed by atoms with E-state index in [1.54, 1.807) is 38.1 Å². The lowest BCUT2D eigenvalue weighted by molar-refractivity contribution is -0.132. The van der Waals surface area contributed by atoms with Crippen molar-refractivity contribution in [2.75, 3.05) is 18.1 Å². The lowest BCUT2D eigenvalue weighted by atomic mass is 9.93. The van der Waals surface area contributed by atoms with Crippen LogP contribution in [-0.2, 0) is 14.3 Å². The molecule has 8 nitrogen and oxygen atoms in total. The molecule has 1 aliphatic heterocycles. The zero-order chi connectivity index (χ0) is 28.3. The smallest absolute Gasteiger partial charge is 0.350 e. The summed E-state index contributed by atoms with van der Waals surface area (Å²) in [6, 6.07) is 9.29.